The van der Waals surface area contributed by atoms with Gasteiger partial charge in [-0.05, 0) is 91.4 Å². The Hall–Kier alpha value is -5.06. The van der Waals surface area contributed by atoms with Gasteiger partial charge in [0.25, 0.3) is 6.33 Å². The third-order valence-electron chi connectivity index (χ3n) is 10.9. The van der Waals surface area contributed by atoms with Crippen LogP contribution in [-0.4, -0.2) is 19.1 Å². The molecule has 58 heavy (non-hydrogen) atoms. The van der Waals surface area contributed by atoms with E-state index in [1.54, 1.807) is 6.20 Å². The summed E-state index contributed by atoms with van der Waals surface area (Å²) < 4.78 is 12.9. The van der Waals surface area contributed by atoms with Crippen molar-refractivity contribution in [1.82, 2.24) is 19.1 Å². The number of ether oxygens (including phenoxy) is 1. The first kappa shape index (κ1) is 41.1. The number of benzene rings is 4. The van der Waals surface area contributed by atoms with Crippen LogP contribution in [0.3, 0.4) is 0 Å². The summed E-state index contributed by atoms with van der Waals surface area (Å²) >= 11 is 0. The van der Waals surface area contributed by atoms with Crippen molar-refractivity contribution in [3.8, 4) is 28.8 Å². The quantitative estimate of drug-likeness (QED) is 0.128. The van der Waals surface area contributed by atoms with E-state index in [0.29, 0.717) is 17.3 Å². The van der Waals surface area contributed by atoms with Gasteiger partial charge in [0.15, 0.2) is 0 Å². The van der Waals surface area contributed by atoms with Gasteiger partial charge in [0.2, 0.25) is 0 Å². The largest absolute Gasteiger partial charge is 0.522 e. The van der Waals surface area contributed by atoms with Crippen LogP contribution in [-0.2, 0) is 42.7 Å². The third-order valence-corrected chi connectivity index (χ3v) is 10.9. The predicted molar refractivity (Wildman–Crippen MR) is 233 cm³/mol. The van der Waals surface area contributed by atoms with Crippen molar-refractivity contribution in [3.63, 3.8) is 0 Å². The second kappa shape index (κ2) is 14.6. The molecular formula is C51H53N5OPt-2. The predicted octanol–water partition coefficient (Wildman–Crippen LogP) is 12.2. The van der Waals surface area contributed by atoms with E-state index in [9.17, 15) is 0 Å². The maximum Gasteiger partial charge on any atom is 0.269 e. The summed E-state index contributed by atoms with van der Waals surface area (Å²) in [4.78, 5) is 9.65. The Kier molecular flexibility index (Phi) is 10.4. The first-order chi connectivity index (χ1) is 26.8. The van der Waals surface area contributed by atoms with E-state index >= 15 is 0 Å². The third kappa shape index (κ3) is 7.76. The summed E-state index contributed by atoms with van der Waals surface area (Å²) in [6.07, 6.45) is 7.36. The molecule has 0 aliphatic rings. The number of hydrogen-bond donors (Lipinski definition) is 0. The SMILES string of the molecule is CC(C)(C)c1cc(-[n+]2[c-]n(-c3[c-]c(Oc4[c-]c5c(cc4)c4ccccc4n5-c4cc(C(C)(C)C)ccn4)ccn3)c3ccc(C(C)(C)C)cc32)cc(C(C)(C)C)c1.[Pt]. The zero-order chi connectivity index (χ0) is 40.7. The molecule has 8 rings (SSSR count). The molecule has 0 unspecified atom stereocenters. The molecule has 4 aromatic heterocycles. The van der Waals surface area contributed by atoms with Crippen molar-refractivity contribution < 1.29 is 30.4 Å². The summed E-state index contributed by atoms with van der Waals surface area (Å²) in [5.74, 6) is 2.54. The molecule has 8 aromatic rings. The minimum atomic E-state index is -0.0369. The van der Waals surface area contributed by atoms with Crippen LogP contribution in [0.25, 0.3) is 50.2 Å². The number of pyridine rings is 2. The number of aromatic nitrogens is 5. The summed E-state index contributed by atoms with van der Waals surface area (Å²) in [6.45, 7) is 27.1. The number of para-hydroxylation sites is 1. The van der Waals surface area contributed by atoms with Crippen molar-refractivity contribution in [2.24, 2.45) is 0 Å². The van der Waals surface area contributed by atoms with E-state index in [2.05, 4.69) is 190 Å². The van der Waals surface area contributed by atoms with Gasteiger partial charge in [0.05, 0.1) is 22.5 Å². The number of hydrogen-bond acceptors (Lipinski definition) is 3. The molecule has 0 spiro atoms. The van der Waals surface area contributed by atoms with Gasteiger partial charge < -0.3 is 9.30 Å². The van der Waals surface area contributed by atoms with Crippen LogP contribution < -0.4 is 9.30 Å². The molecule has 0 amide bonds. The van der Waals surface area contributed by atoms with Gasteiger partial charge in [-0.2, -0.15) is 18.2 Å². The summed E-state index contributed by atoms with van der Waals surface area (Å²) in [5, 5.41) is 2.22. The molecule has 300 valence electrons. The normalized spacial score (nSPS) is 12.7. The fourth-order valence-electron chi connectivity index (χ4n) is 7.36. The first-order valence-electron chi connectivity index (χ1n) is 19.9. The molecule has 6 nitrogen and oxygen atoms in total. The smallest absolute Gasteiger partial charge is 0.269 e. The fourth-order valence-corrected chi connectivity index (χ4v) is 7.36. The minimum absolute atomic E-state index is 0. The van der Waals surface area contributed by atoms with E-state index in [0.717, 1.165) is 44.3 Å². The van der Waals surface area contributed by atoms with E-state index in [1.807, 2.05) is 22.9 Å². The van der Waals surface area contributed by atoms with E-state index in [1.165, 1.54) is 22.3 Å². The topological polar surface area (TPSA) is 48.8 Å². The van der Waals surface area contributed by atoms with Crippen molar-refractivity contribution >= 4 is 32.8 Å². The van der Waals surface area contributed by atoms with Crippen LogP contribution in [0.15, 0.2) is 103 Å². The molecule has 0 saturated heterocycles. The molecule has 0 atom stereocenters. The number of imidazole rings is 1. The Morgan fingerprint density at radius 1 is 0.552 bits per heavy atom. The molecule has 7 heteroatoms. The summed E-state index contributed by atoms with van der Waals surface area (Å²) in [5.41, 5.74) is 9.95. The van der Waals surface area contributed by atoms with Gasteiger partial charge in [-0.3, -0.25) is 14.1 Å². The molecular weight excluding hydrogens is 894 g/mol. The van der Waals surface area contributed by atoms with Crippen LogP contribution in [0.2, 0.25) is 0 Å². The monoisotopic (exact) mass is 946 g/mol. The van der Waals surface area contributed by atoms with Crippen LogP contribution >= 0.6 is 0 Å². The van der Waals surface area contributed by atoms with Crippen LogP contribution in [0.4, 0.5) is 0 Å². The van der Waals surface area contributed by atoms with Gasteiger partial charge in [-0.15, -0.1) is 17.5 Å². The van der Waals surface area contributed by atoms with Gasteiger partial charge >= 0.3 is 0 Å². The summed E-state index contributed by atoms with van der Waals surface area (Å²) in [6, 6.07) is 39.3. The average molecular weight is 947 g/mol. The van der Waals surface area contributed by atoms with Gasteiger partial charge in [-0.25, -0.2) is 4.98 Å². The molecule has 0 radical (unpaired) electrons. The van der Waals surface area contributed by atoms with Crippen LogP contribution in [0, 0.1) is 18.5 Å². The Balaban J connectivity index is 0.00000512. The van der Waals surface area contributed by atoms with Crippen LogP contribution in [0.1, 0.15) is 105 Å². The van der Waals surface area contributed by atoms with Gasteiger partial charge in [0.1, 0.15) is 5.82 Å². The van der Waals surface area contributed by atoms with Crippen LogP contribution in [0.5, 0.6) is 11.5 Å². The molecule has 0 bridgehead atoms. The second-order valence-corrected chi connectivity index (χ2v) is 19.4. The zero-order valence-corrected chi connectivity index (χ0v) is 38.0. The minimum Gasteiger partial charge on any atom is -0.522 e. The summed E-state index contributed by atoms with van der Waals surface area (Å²) in [7, 11) is 0. The molecule has 0 aliphatic heterocycles. The zero-order valence-electron chi connectivity index (χ0n) is 35.8. The Morgan fingerprint density at radius 3 is 1.84 bits per heavy atom. The molecule has 0 saturated carbocycles. The van der Waals surface area contributed by atoms with E-state index in [4.69, 9.17) is 14.7 Å². The number of fused-ring (bicyclic) bond motifs is 4. The molecule has 0 fully saturated rings. The van der Waals surface area contributed by atoms with Gasteiger partial charge in [0, 0.05) is 38.5 Å². The van der Waals surface area contributed by atoms with Crippen molar-refractivity contribution in [3.05, 3.63) is 144 Å². The molecule has 0 aliphatic carbocycles. The van der Waals surface area contributed by atoms with Crippen molar-refractivity contribution in [2.75, 3.05) is 0 Å². The first-order valence-corrected chi connectivity index (χ1v) is 19.9. The number of rotatable bonds is 5. The fraction of sp³-hybridized carbons (Fsp3) is 0.314. The standard InChI is InChI=1S/C51H53N5O.Pt/c1-48(2,3)33-17-20-43-45(28-33)54(37-26-35(50(7,8)9)25-36(27-37)51(10,11)12)32-55(43)46-31-39(22-24-52-46)57-38-18-19-41-40-15-13-14-16-42(40)56(44(41)30-38)47-29-34(21-23-53-47)49(4,5)6;/h13-29H,1-12H3;/q-2;. The van der Waals surface area contributed by atoms with Crippen molar-refractivity contribution in [1.29, 1.82) is 0 Å². The maximum absolute atomic E-state index is 6.57. The molecule has 4 aromatic carbocycles. The van der Waals surface area contributed by atoms with E-state index in [-0.39, 0.29) is 42.7 Å². The Bertz CT molecular complexity index is 2780. The second-order valence-electron chi connectivity index (χ2n) is 19.4. The number of nitrogens with zero attached hydrogens (tertiary/aromatic N) is 5. The molecule has 0 N–H and O–H groups in total. The van der Waals surface area contributed by atoms with Crippen molar-refractivity contribution in [2.45, 2.75) is 105 Å². The maximum atomic E-state index is 6.57. The Labute approximate surface area is 358 Å². The molecule has 4 heterocycles. The Morgan fingerprint density at radius 2 is 1.17 bits per heavy atom. The van der Waals surface area contributed by atoms with E-state index < -0.39 is 0 Å². The average Bonchev–Trinajstić information content (AvgIpc) is 3.69. The van der Waals surface area contributed by atoms with Gasteiger partial charge in [-0.1, -0.05) is 131 Å².